The third-order valence-corrected chi connectivity index (χ3v) is 3.75. The van der Waals surface area contributed by atoms with Crippen LogP contribution in [0.3, 0.4) is 0 Å². The van der Waals surface area contributed by atoms with E-state index in [0.29, 0.717) is 15.8 Å². The first kappa shape index (κ1) is 11.4. The summed E-state index contributed by atoms with van der Waals surface area (Å²) in [6.45, 7) is 1.77. The van der Waals surface area contributed by atoms with Crippen molar-refractivity contribution in [3.05, 3.63) is 51.5 Å². The van der Waals surface area contributed by atoms with Gasteiger partial charge in [-0.25, -0.2) is 4.98 Å². The summed E-state index contributed by atoms with van der Waals surface area (Å²) in [5.74, 6) is 0.594. The summed E-state index contributed by atoms with van der Waals surface area (Å²) in [4.78, 5) is 17.6. The molecule has 0 radical (unpaired) electrons. The van der Waals surface area contributed by atoms with Crippen molar-refractivity contribution in [2.75, 3.05) is 0 Å². The summed E-state index contributed by atoms with van der Waals surface area (Å²) in [6.07, 6.45) is 0. The van der Waals surface area contributed by atoms with Gasteiger partial charge in [-0.15, -0.1) is 5.10 Å². The van der Waals surface area contributed by atoms with Crippen molar-refractivity contribution in [3.8, 4) is 10.4 Å². The molecule has 90 valence electrons. The molecule has 0 unspecified atom stereocenters. The zero-order valence-corrected chi connectivity index (χ0v) is 11.0. The number of nitrogens with zero attached hydrogens (tertiary/aromatic N) is 3. The van der Waals surface area contributed by atoms with Crippen LogP contribution in [0.25, 0.3) is 15.4 Å². The van der Waals surface area contributed by atoms with Gasteiger partial charge < -0.3 is 0 Å². The Balaban J connectivity index is 2.24. The summed E-state index contributed by atoms with van der Waals surface area (Å²) in [7, 11) is 0. The largest absolute Gasteiger partial charge is 0.275 e. The second-order valence-corrected chi connectivity index (χ2v) is 5.25. The molecule has 0 amide bonds. The Morgan fingerprint density at radius 2 is 2.00 bits per heavy atom. The van der Waals surface area contributed by atoms with E-state index in [4.69, 9.17) is 11.6 Å². The highest BCUT2D eigenvalue weighted by molar-refractivity contribution is 7.19. The van der Waals surface area contributed by atoms with E-state index < -0.39 is 0 Å². The van der Waals surface area contributed by atoms with E-state index in [1.807, 2.05) is 12.1 Å². The number of hydrogen-bond donors (Lipinski definition) is 0. The first-order chi connectivity index (χ1) is 8.63. The lowest BCUT2D eigenvalue weighted by atomic mass is 10.2. The fraction of sp³-hybridized carbons (Fsp3) is 0.0833. The molecule has 3 aromatic rings. The molecule has 0 bridgehead atoms. The van der Waals surface area contributed by atoms with Gasteiger partial charge in [-0.2, -0.15) is 4.52 Å². The third kappa shape index (κ3) is 1.91. The molecule has 0 aliphatic heterocycles. The Morgan fingerprint density at radius 1 is 1.28 bits per heavy atom. The van der Waals surface area contributed by atoms with E-state index in [1.165, 1.54) is 15.9 Å². The smallest absolute Gasteiger partial charge is 0.267 e. The maximum atomic E-state index is 11.9. The summed E-state index contributed by atoms with van der Waals surface area (Å²) < 4.78 is 1.32. The molecule has 6 heteroatoms. The molecular weight excluding hydrogens is 270 g/mol. The van der Waals surface area contributed by atoms with Crippen molar-refractivity contribution in [2.24, 2.45) is 0 Å². The number of halogens is 1. The van der Waals surface area contributed by atoms with Crippen LogP contribution in [0.1, 0.15) is 5.82 Å². The van der Waals surface area contributed by atoms with Gasteiger partial charge in [0.2, 0.25) is 4.96 Å². The van der Waals surface area contributed by atoms with Gasteiger partial charge in [0, 0.05) is 16.0 Å². The number of aromatic nitrogens is 3. The Morgan fingerprint density at radius 3 is 2.72 bits per heavy atom. The van der Waals surface area contributed by atoms with E-state index in [0.717, 1.165) is 10.4 Å². The van der Waals surface area contributed by atoms with Crippen LogP contribution in [-0.4, -0.2) is 14.6 Å². The predicted octanol–water partition coefficient (Wildman–Crippen LogP) is 2.78. The highest BCUT2D eigenvalue weighted by Gasteiger charge is 2.07. The van der Waals surface area contributed by atoms with Crippen LogP contribution in [0.4, 0.5) is 0 Å². The minimum absolute atomic E-state index is 0.172. The molecule has 0 atom stereocenters. The first-order valence-corrected chi connectivity index (χ1v) is 6.46. The van der Waals surface area contributed by atoms with Gasteiger partial charge in [0.05, 0.1) is 0 Å². The van der Waals surface area contributed by atoms with Crippen LogP contribution in [0.5, 0.6) is 0 Å². The quantitative estimate of drug-likeness (QED) is 0.687. The van der Waals surface area contributed by atoms with Gasteiger partial charge in [0.15, 0.2) is 0 Å². The third-order valence-electron chi connectivity index (χ3n) is 2.48. The van der Waals surface area contributed by atoms with Gasteiger partial charge in [0.1, 0.15) is 5.82 Å². The fourth-order valence-electron chi connectivity index (χ4n) is 1.66. The summed E-state index contributed by atoms with van der Waals surface area (Å²) in [6, 6.07) is 8.93. The number of hydrogen-bond acceptors (Lipinski definition) is 4. The van der Waals surface area contributed by atoms with Gasteiger partial charge in [0.25, 0.3) is 5.56 Å². The number of rotatable bonds is 1. The standard InChI is InChI=1S/C12H8ClN3OS/c1-7-14-12-16(15-7)11(17)6-10(18-12)8-2-4-9(13)5-3-8/h2-6H,1H3. The molecule has 0 aliphatic carbocycles. The molecule has 0 N–H and O–H groups in total. The molecule has 1 aromatic carbocycles. The maximum Gasteiger partial charge on any atom is 0.275 e. The Bertz CT molecular complexity index is 776. The average molecular weight is 278 g/mol. The molecular formula is C12H8ClN3OS. The number of fused-ring (bicyclic) bond motifs is 1. The lowest BCUT2D eigenvalue weighted by molar-refractivity contribution is 0.903. The van der Waals surface area contributed by atoms with E-state index in [1.54, 1.807) is 25.1 Å². The van der Waals surface area contributed by atoms with E-state index in [2.05, 4.69) is 10.1 Å². The summed E-state index contributed by atoms with van der Waals surface area (Å²) in [5, 5.41) is 4.72. The highest BCUT2D eigenvalue weighted by atomic mass is 35.5. The molecule has 0 saturated carbocycles. The normalized spacial score (nSPS) is 11.0. The first-order valence-electron chi connectivity index (χ1n) is 5.27. The van der Waals surface area contributed by atoms with E-state index >= 15 is 0 Å². The predicted molar refractivity (Wildman–Crippen MR) is 72.3 cm³/mol. The van der Waals surface area contributed by atoms with Crippen LogP contribution >= 0.6 is 22.9 Å². The molecule has 0 fully saturated rings. The molecule has 18 heavy (non-hydrogen) atoms. The van der Waals surface area contributed by atoms with Crippen molar-refractivity contribution in [1.29, 1.82) is 0 Å². The zero-order chi connectivity index (χ0) is 12.7. The molecule has 2 aromatic heterocycles. The van der Waals surface area contributed by atoms with Crippen molar-refractivity contribution in [1.82, 2.24) is 14.6 Å². The summed E-state index contributed by atoms with van der Waals surface area (Å²) >= 11 is 7.27. The monoisotopic (exact) mass is 277 g/mol. The SMILES string of the molecule is Cc1nc2sc(-c3ccc(Cl)cc3)cc(=O)n2n1. The molecule has 2 heterocycles. The second-order valence-electron chi connectivity index (χ2n) is 3.81. The topological polar surface area (TPSA) is 47.3 Å². The summed E-state index contributed by atoms with van der Waals surface area (Å²) in [5.41, 5.74) is 0.777. The van der Waals surface area contributed by atoms with Crippen LogP contribution in [-0.2, 0) is 0 Å². The minimum atomic E-state index is -0.172. The van der Waals surface area contributed by atoms with Gasteiger partial charge in [-0.1, -0.05) is 35.1 Å². The average Bonchev–Trinajstić information content (AvgIpc) is 2.71. The van der Waals surface area contributed by atoms with Crippen LogP contribution in [0, 0.1) is 6.92 Å². The van der Waals surface area contributed by atoms with Gasteiger partial charge in [-0.05, 0) is 24.6 Å². The minimum Gasteiger partial charge on any atom is -0.267 e. The van der Waals surface area contributed by atoms with Crippen LogP contribution < -0.4 is 5.56 Å². The fourth-order valence-corrected chi connectivity index (χ4v) is 2.79. The Kier molecular flexibility index (Phi) is 2.65. The van der Waals surface area contributed by atoms with Crippen molar-refractivity contribution < 1.29 is 0 Å². The second kappa shape index (κ2) is 4.19. The van der Waals surface area contributed by atoms with Crippen molar-refractivity contribution in [2.45, 2.75) is 6.92 Å². The number of aryl methyl sites for hydroxylation is 1. The lowest BCUT2D eigenvalue weighted by Gasteiger charge is -2.00. The molecule has 0 aliphatic rings. The highest BCUT2D eigenvalue weighted by Crippen LogP contribution is 2.25. The van der Waals surface area contributed by atoms with Crippen molar-refractivity contribution in [3.63, 3.8) is 0 Å². The molecule has 0 spiro atoms. The van der Waals surface area contributed by atoms with Gasteiger partial charge in [-0.3, -0.25) is 4.79 Å². The Hall–Kier alpha value is -1.72. The molecule has 3 rings (SSSR count). The molecule has 4 nitrogen and oxygen atoms in total. The lowest BCUT2D eigenvalue weighted by Crippen LogP contribution is -2.11. The number of benzene rings is 1. The molecule has 0 saturated heterocycles. The van der Waals surface area contributed by atoms with Gasteiger partial charge >= 0.3 is 0 Å². The zero-order valence-electron chi connectivity index (χ0n) is 9.42. The van der Waals surface area contributed by atoms with Crippen LogP contribution in [0.15, 0.2) is 35.1 Å². The van der Waals surface area contributed by atoms with E-state index in [9.17, 15) is 4.79 Å². The maximum absolute atomic E-state index is 11.9. The van der Waals surface area contributed by atoms with Crippen molar-refractivity contribution >= 4 is 27.9 Å². The van der Waals surface area contributed by atoms with E-state index in [-0.39, 0.29) is 5.56 Å². The Labute approximate surface area is 111 Å². The van der Waals surface area contributed by atoms with Crippen LogP contribution in [0.2, 0.25) is 5.02 Å².